The number of hydrogen-bond donors (Lipinski definition) is 0. The van der Waals surface area contributed by atoms with Gasteiger partial charge in [0.05, 0.1) is 0 Å². The van der Waals surface area contributed by atoms with E-state index in [0.717, 1.165) is 173 Å². The number of fused-ring (bicyclic) bond motifs is 8. The minimum absolute atomic E-state index is 0.842. The first-order chi connectivity index (χ1) is 62.4. The van der Waals surface area contributed by atoms with E-state index >= 15 is 0 Å². The van der Waals surface area contributed by atoms with Crippen LogP contribution < -0.4 is 9.80 Å². The lowest BCUT2D eigenvalue weighted by molar-refractivity contribution is 0.669. The number of hydrogen-bond acceptors (Lipinski definition) is 4. The third-order valence-electron chi connectivity index (χ3n) is 25.1. The van der Waals surface area contributed by atoms with Crippen molar-refractivity contribution in [2.45, 2.75) is 0 Å². The molecule has 21 aromatic carbocycles. The van der Waals surface area contributed by atoms with Crippen LogP contribution in [0.5, 0.6) is 0 Å². The average Bonchev–Trinajstić information content (AvgIpc) is 1.58. The molecule has 4 heteroatoms. The second kappa shape index (κ2) is 32.1. The van der Waals surface area contributed by atoms with Gasteiger partial charge in [-0.15, -0.1) is 0 Å². The fraction of sp³-hybridized carbons (Fsp3) is 0. The molecule has 0 aliphatic carbocycles. The largest absolute Gasteiger partial charge is 0.455 e. The smallest absolute Gasteiger partial charge is 0.143 e. The second-order valence-corrected chi connectivity index (χ2v) is 32.6. The molecule has 0 saturated heterocycles. The van der Waals surface area contributed by atoms with E-state index < -0.39 is 0 Å². The molecule has 0 amide bonds. The Kier molecular flexibility index (Phi) is 18.9. The van der Waals surface area contributed by atoms with Gasteiger partial charge < -0.3 is 18.6 Å². The van der Waals surface area contributed by atoms with E-state index in [1.807, 2.05) is 0 Å². The van der Waals surface area contributed by atoms with Crippen LogP contribution in [-0.4, -0.2) is 0 Å². The molecule has 23 aromatic rings. The highest BCUT2D eigenvalue weighted by molar-refractivity contribution is 6.13. The molecular formula is C122H80N2O2. The Morgan fingerprint density at radius 2 is 0.389 bits per heavy atom. The molecule has 0 atom stereocenters. The van der Waals surface area contributed by atoms with Crippen molar-refractivity contribution in [3.63, 3.8) is 0 Å². The van der Waals surface area contributed by atoms with Crippen molar-refractivity contribution in [1.82, 2.24) is 0 Å². The van der Waals surface area contributed by atoms with Gasteiger partial charge in [-0.3, -0.25) is 0 Å². The van der Waals surface area contributed by atoms with Crippen LogP contribution in [0.1, 0.15) is 0 Å². The molecular weight excluding hydrogens is 1530 g/mol. The summed E-state index contributed by atoms with van der Waals surface area (Å²) >= 11 is 0. The highest BCUT2D eigenvalue weighted by Gasteiger charge is 2.23. The van der Waals surface area contributed by atoms with Crippen molar-refractivity contribution in [1.29, 1.82) is 0 Å². The second-order valence-electron chi connectivity index (χ2n) is 32.6. The van der Waals surface area contributed by atoms with Crippen LogP contribution in [0.2, 0.25) is 0 Å². The summed E-state index contributed by atoms with van der Waals surface area (Å²) in [6.07, 6.45) is 0. The van der Waals surface area contributed by atoms with Crippen LogP contribution in [0.25, 0.3) is 199 Å². The maximum absolute atomic E-state index is 6.97. The number of para-hydroxylation sites is 2. The van der Waals surface area contributed by atoms with Crippen LogP contribution in [0.3, 0.4) is 0 Å². The first-order valence-electron chi connectivity index (χ1n) is 43.1. The van der Waals surface area contributed by atoms with Crippen LogP contribution in [-0.2, 0) is 0 Å². The molecule has 0 radical (unpaired) electrons. The monoisotopic (exact) mass is 1600 g/mol. The summed E-state index contributed by atoms with van der Waals surface area (Å²) in [6, 6.07) is 176. The van der Waals surface area contributed by atoms with E-state index in [-0.39, 0.29) is 0 Å². The molecule has 0 unspecified atom stereocenters. The van der Waals surface area contributed by atoms with Gasteiger partial charge in [0.15, 0.2) is 0 Å². The molecule has 0 saturated carbocycles. The van der Waals surface area contributed by atoms with Gasteiger partial charge in [-0.1, -0.05) is 358 Å². The Bertz CT molecular complexity index is 7950. The van der Waals surface area contributed by atoms with Crippen LogP contribution in [0.4, 0.5) is 34.1 Å². The number of rotatable bonds is 18. The summed E-state index contributed by atoms with van der Waals surface area (Å²) < 4.78 is 13.6. The maximum atomic E-state index is 6.97. The van der Waals surface area contributed by atoms with E-state index in [9.17, 15) is 0 Å². The minimum Gasteiger partial charge on any atom is -0.455 e. The molecule has 0 fully saturated rings. The predicted octanol–water partition coefficient (Wildman–Crippen LogP) is 34.7. The molecule has 0 bridgehead atoms. The molecule has 23 rings (SSSR count). The first-order valence-corrected chi connectivity index (χ1v) is 43.1. The average molecular weight is 1610 g/mol. The zero-order valence-electron chi connectivity index (χ0n) is 68.9. The Balaban J connectivity index is 0.556. The summed E-state index contributed by atoms with van der Waals surface area (Å²) in [5, 5.41) is 9.24. The summed E-state index contributed by atoms with van der Waals surface area (Å²) in [4.78, 5) is 4.76. The summed E-state index contributed by atoms with van der Waals surface area (Å²) in [5.41, 5.74) is 37.1. The lowest BCUT2D eigenvalue weighted by Gasteiger charge is -2.27. The third-order valence-corrected chi connectivity index (χ3v) is 25.1. The van der Waals surface area contributed by atoms with Crippen molar-refractivity contribution in [2.24, 2.45) is 0 Å². The zero-order chi connectivity index (χ0) is 83.4. The van der Waals surface area contributed by atoms with Gasteiger partial charge in [0.2, 0.25) is 0 Å². The molecule has 0 N–H and O–H groups in total. The highest BCUT2D eigenvalue weighted by atomic mass is 16.3. The van der Waals surface area contributed by atoms with Crippen LogP contribution in [0, 0.1) is 0 Å². The van der Waals surface area contributed by atoms with E-state index in [1.54, 1.807) is 0 Å². The maximum Gasteiger partial charge on any atom is 0.143 e. The topological polar surface area (TPSA) is 32.8 Å². The fourth-order valence-corrected chi connectivity index (χ4v) is 18.8. The number of anilines is 6. The first kappa shape index (κ1) is 74.4. The van der Waals surface area contributed by atoms with Crippen molar-refractivity contribution in [3.8, 4) is 134 Å². The van der Waals surface area contributed by atoms with Gasteiger partial charge in [0, 0.05) is 66.8 Å². The molecule has 126 heavy (non-hydrogen) atoms. The third kappa shape index (κ3) is 14.0. The highest BCUT2D eigenvalue weighted by Crippen LogP contribution is 2.48. The summed E-state index contributed by atoms with van der Waals surface area (Å²) in [5.74, 6) is 0. The lowest BCUT2D eigenvalue weighted by atomic mass is 9.91. The molecule has 2 heterocycles. The van der Waals surface area contributed by atoms with E-state index in [1.165, 1.54) is 60.5 Å². The van der Waals surface area contributed by atoms with Gasteiger partial charge >= 0.3 is 0 Å². The molecule has 2 aromatic heterocycles. The molecule has 0 aliphatic heterocycles. The van der Waals surface area contributed by atoms with E-state index in [4.69, 9.17) is 8.83 Å². The SMILES string of the molecule is c1ccc(-c2cc(-c3ccccc3)cc(-c3ccc(N(c4ccc(-c5ccc6oc7c(-c8cccc(-c9cccc(-c%10ccc(N(c%11ccc(-c%12ccc%13oc%14c(-c%15ccccc%15)cccc%14c%13c%12)cc%11)c%11ccc(-c%12cccc%13ccccc%12%13)cc%11)cc%10-c%10ccccc%10)c9)c8)cccc7c6c5)cc4)c4ccc(-c5cccc6ccccc56)cc4)cc3)c2)cc1. The van der Waals surface area contributed by atoms with Gasteiger partial charge in [-0.05, 0) is 271 Å². The number of benzene rings is 21. The Morgan fingerprint density at radius 1 is 0.127 bits per heavy atom. The van der Waals surface area contributed by atoms with E-state index in [2.05, 4.69) is 495 Å². The minimum atomic E-state index is 0.842. The summed E-state index contributed by atoms with van der Waals surface area (Å²) in [7, 11) is 0. The van der Waals surface area contributed by atoms with Gasteiger partial charge in [-0.2, -0.15) is 0 Å². The molecule has 0 spiro atoms. The summed E-state index contributed by atoms with van der Waals surface area (Å²) in [6.45, 7) is 0. The van der Waals surface area contributed by atoms with Crippen molar-refractivity contribution < 1.29 is 8.83 Å². The standard InChI is InChI=1S/C122H80N2O2/c1-5-23-81(24-6-1)98-75-99(82-25-7-2-8-26-82)77-100(76-98)85-51-63-102(64-52-85)123(103-65-53-90(54-66-103)109-41-19-33-86-31-13-15-39-107(86)109)101-59-47-83(48-60-101)95-58-72-120-118(79-95)115-46-22-44-113(122(115)126-120)97-38-18-36-93(74-97)92-35-17-37-96(73-92)111-70-69-106(80-116(111)89-29-11-4-12-30-89)124(105-67-55-91(56-68-105)110-42-20-34-87-32-14-16-40-108(87)110)104-61-49-84(50-62-104)94-57-71-119-117(78-94)114-45-21-43-112(121(114)125-119)88-27-9-3-10-28-88/h1-80H. The van der Waals surface area contributed by atoms with Crippen molar-refractivity contribution in [2.75, 3.05) is 9.80 Å². The van der Waals surface area contributed by atoms with Gasteiger partial charge in [0.25, 0.3) is 0 Å². The Labute approximate surface area is 732 Å². The molecule has 4 nitrogen and oxygen atoms in total. The number of furan rings is 2. The normalized spacial score (nSPS) is 11.5. The number of nitrogens with zero attached hydrogens (tertiary/aromatic N) is 2. The van der Waals surface area contributed by atoms with Crippen LogP contribution in [0.15, 0.2) is 494 Å². The molecule has 590 valence electrons. The van der Waals surface area contributed by atoms with Gasteiger partial charge in [-0.25, -0.2) is 0 Å². The lowest BCUT2D eigenvalue weighted by Crippen LogP contribution is -2.10. The molecule has 0 aliphatic rings. The Hall–Kier alpha value is -16.7. The zero-order valence-corrected chi connectivity index (χ0v) is 68.9. The van der Waals surface area contributed by atoms with Gasteiger partial charge in [0.1, 0.15) is 22.3 Å². The predicted molar refractivity (Wildman–Crippen MR) is 531 cm³/mol. The van der Waals surface area contributed by atoms with Crippen LogP contribution >= 0.6 is 0 Å². The van der Waals surface area contributed by atoms with Crippen molar-refractivity contribution >= 4 is 99.5 Å². The van der Waals surface area contributed by atoms with E-state index in [0.29, 0.717) is 0 Å². The van der Waals surface area contributed by atoms with Crippen molar-refractivity contribution in [3.05, 3.63) is 485 Å². The Morgan fingerprint density at radius 3 is 0.825 bits per heavy atom. The fourth-order valence-electron chi connectivity index (χ4n) is 18.8. The quantitative estimate of drug-likeness (QED) is 0.0857.